The second-order valence-electron chi connectivity index (χ2n) is 3.97. The van der Waals surface area contributed by atoms with Gasteiger partial charge >= 0.3 is 0 Å². The average molecular weight is 222 g/mol. The second kappa shape index (κ2) is 8.11. The summed E-state index contributed by atoms with van der Waals surface area (Å²) in [5.41, 5.74) is 6.61. The molecule has 1 heterocycles. The highest BCUT2D eigenvalue weighted by atomic mass is 16.5. The van der Waals surface area contributed by atoms with Crippen molar-refractivity contribution in [2.75, 3.05) is 6.61 Å². The third-order valence-corrected chi connectivity index (χ3v) is 2.53. The van der Waals surface area contributed by atoms with Crippen molar-refractivity contribution >= 4 is 0 Å². The first kappa shape index (κ1) is 13.0. The standard InChI is InChI=1S/C13H22N2O/c1-2-3-4-5-6-9-16-13-10-12(11-14)7-8-15-13/h7-8,10H,2-6,9,11,14H2,1H3. The molecule has 0 aliphatic rings. The molecular weight excluding hydrogens is 200 g/mol. The molecule has 3 nitrogen and oxygen atoms in total. The van der Waals surface area contributed by atoms with Gasteiger partial charge in [0, 0.05) is 18.8 Å². The highest BCUT2D eigenvalue weighted by molar-refractivity contribution is 5.19. The predicted molar refractivity (Wildman–Crippen MR) is 66.4 cm³/mol. The summed E-state index contributed by atoms with van der Waals surface area (Å²) in [6, 6.07) is 3.82. The molecule has 0 saturated heterocycles. The SMILES string of the molecule is CCCCCCCOc1cc(CN)ccn1. The summed E-state index contributed by atoms with van der Waals surface area (Å²) in [5, 5.41) is 0. The molecule has 1 aromatic heterocycles. The van der Waals surface area contributed by atoms with Crippen LogP contribution in [0.2, 0.25) is 0 Å². The lowest BCUT2D eigenvalue weighted by molar-refractivity contribution is 0.293. The molecule has 0 unspecified atom stereocenters. The Labute approximate surface area is 98.0 Å². The van der Waals surface area contributed by atoms with Gasteiger partial charge in [0.1, 0.15) is 0 Å². The Kier molecular flexibility index (Phi) is 6.58. The number of pyridine rings is 1. The molecule has 0 aliphatic heterocycles. The van der Waals surface area contributed by atoms with Crippen LogP contribution in [-0.2, 0) is 6.54 Å². The number of nitrogens with two attached hydrogens (primary N) is 1. The fourth-order valence-corrected chi connectivity index (χ4v) is 1.54. The average Bonchev–Trinajstić information content (AvgIpc) is 2.34. The van der Waals surface area contributed by atoms with E-state index < -0.39 is 0 Å². The van der Waals surface area contributed by atoms with Crippen molar-refractivity contribution in [3.8, 4) is 5.88 Å². The zero-order chi connectivity index (χ0) is 11.6. The first-order valence-electron chi connectivity index (χ1n) is 6.14. The molecule has 0 bridgehead atoms. The van der Waals surface area contributed by atoms with Crippen LogP contribution >= 0.6 is 0 Å². The maximum Gasteiger partial charge on any atom is 0.213 e. The Morgan fingerprint density at radius 3 is 2.81 bits per heavy atom. The summed E-state index contributed by atoms with van der Waals surface area (Å²) >= 11 is 0. The van der Waals surface area contributed by atoms with Gasteiger partial charge in [0.25, 0.3) is 0 Å². The van der Waals surface area contributed by atoms with Crippen LogP contribution in [0.5, 0.6) is 5.88 Å². The van der Waals surface area contributed by atoms with Crippen LogP contribution in [0, 0.1) is 0 Å². The van der Waals surface area contributed by atoms with Gasteiger partial charge in [-0.15, -0.1) is 0 Å². The Morgan fingerprint density at radius 2 is 2.06 bits per heavy atom. The van der Waals surface area contributed by atoms with Gasteiger partial charge in [0.05, 0.1) is 6.61 Å². The molecule has 0 aromatic carbocycles. The lowest BCUT2D eigenvalue weighted by Crippen LogP contribution is -2.01. The van der Waals surface area contributed by atoms with Crippen molar-refractivity contribution in [2.24, 2.45) is 5.73 Å². The van der Waals surface area contributed by atoms with Gasteiger partial charge < -0.3 is 10.5 Å². The topological polar surface area (TPSA) is 48.1 Å². The van der Waals surface area contributed by atoms with Crippen molar-refractivity contribution in [1.82, 2.24) is 4.98 Å². The summed E-state index contributed by atoms with van der Waals surface area (Å²) in [6.07, 6.45) is 7.99. The van der Waals surface area contributed by atoms with E-state index in [4.69, 9.17) is 10.5 Å². The monoisotopic (exact) mass is 222 g/mol. The van der Waals surface area contributed by atoms with Crippen molar-refractivity contribution in [3.05, 3.63) is 23.9 Å². The Balaban J connectivity index is 2.16. The van der Waals surface area contributed by atoms with E-state index in [1.54, 1.807) is 6.20 Å². The first-order chi connectivity index (χ1) is 7.86. The summed E-state index contributed by atoms with van der Waals surface area (Å²) in [5.74, 6) is 0.693. The van der Waals surface area contributed by atoms with Crippen molar-refractivity contribution in [1.29, 1.82) is 0 Å². The summed E-state index contributed by atoms with van der Waals surface area (Å²) < 4.78 is 5.56. The highest BCUT2D eigenvalue weighted by Gasteiger charge is 1.97. The number of unbranched alkanes of at least 4 members (excludes halogenated alkanes) is 4. The van der Waals surface area contributed by atoms with Crippen LogP contribution in [-0.4, -0.2) is 11.6 Å². The number of rotatable bonds is 8. The normalized spacial score (nSPS) is 10.4. The van der Waals surface area contributed by atoms with Crippen LogP contribution in [0.15, 0.2) is 18.3 Å². The maximum absolute atomic E-state index is 5.56. The molecule has 0 amide bonds. The van der Waals surface area contributed by atoms with Crippen LogP contribution in [0.3, 0.4) is 0 Å². The molecule has 0 saturated carbocycles. The largest absolute Gasteiger partial charge is 0.478 e. The van der Waals surface area contributed by atoms with E-state index in [1.807, 2.05) is 12.1 Å². The zero-order valence-corrected chi connectivity index (χ0v) is 10.1. The quantitative estimate of drug-likeness (QED) is 0.688. The van der Waals surface area contributed by atoms with Crippen LogP contribution in [0.25, 0.3) is 0 Å². The van der Waals surface area contributed by atoms with Gasteiger partial charge in [-0.3, -0.25) is 0 Å². The lowest BCUT2D eigenvalue weighted by Gasteiger charge is -2.05. The number of aromatic nitrogens is 1. The van der Waals surface area contributed by atoms with Gasteiger partial charge in [-0.25, -0.2) is 4.98 Å². The van der Waals surface area contributed by atoms with Gasteiger partial charge in [0.15, 0.2) is 0 Å². The fraction of sp³-hybridized carbons (Fsp3) is 0.615. The minimum atomic E-state index is 0.537. The maximum atomic E-state index is 5.56. The third-order valence-electron chi connectivity index (χ3n) is 2.53. The molecule has 1 rings (SSSR count). The number of nitrogens with zero attached hydrogens (tertiary/aromatic N) is 1. The third kappa shape index (κ3) is 5.12. The zero-order valence-electron chi connectivity index (χ0n) is 10.1. The second-order valence-corrected chi connectivity index (χ2v) is 3.97. The molecule has 0 spiro atoms. The van der Waals surface area contributed by atoms with E-state index >= 15 is 0 Å². The Morgan fingerprint density at radius 1 is 1.25 bits per heavy atom. The van der Waals surface area contributed by atoms with E-state index in [0.29, 0.717) is 12.4 Å². The van der Waals surface area contributed by atoms with Gasteiger partial charge in [-0.05, 0) is 18.1 Å². The Bertz CT molecular complexity index is 289. The number of hydrogen-bond donors (Lipinski definition) is 1. The van der Waals surface area contributed by atoms with E-state index in [9.17, 15) is 0 Å². The molecule has 0 radical (unpaired) electrons. The summed E-state index contributed by atoms with van der Waals surface area (Å²) in [7, 11) is 0. The Hall–Kier alpha value is -1.09. The molecule has 2 N–H and O–H groups in total. The number of hydrogen-bond acceptors (Lipinski definition) is 3. The molecule has 0 atom stereocenters. The molecule has 1 aromatic rings. The molecule has 3 heteroatoms. The molecule has 0 aliphatic carbocycles. The predicted octanol–water partition coefficient (Wildman–Crippen LogP) is 2.89. The van der Waals surface area contributed by atoms with E-state index in [2.05, 4.69) is 11.9 Å². The van der Waals surface area contributed by atoms with Gasteiger partial charge in [-0.2, -0.15) is 0 Å². The molecule has 90 valence electrons. The number of ether oxygens (including phenoxy) is 1. The molecule has 0 fully saturated rings. The summed E-state index contributed by atoms with van der Waals surface area (Å²) in [6.45, 7) is 3.51. The summed E-state index contributed by atoms with van der Waals surface area (Å²) in [4.78, 5) is 4.14. The van der Waals surface area contributed by atoms with Crippen LogP contribution in [0.4, 0.5) is 0 Å². The van der Waals surface area contributed by atoms with Crippen LogP contribution < -0.4 is 10.5 Å². The van der Waals surface area contributed by atoms with E-state index in [0.717, 1.165) is 18.6 Å². The van der Waals surface area contributed by atoms with Crippen molar-refractivity contribution < 1.29 is 4.74 Å². The smallest absolute Gasteiger partial charge is 0.213 e. The van der Waals surface area contributed by atoms with Crippen molar-refractivity contribution in [3.63, 3.8) is 0 Å². The fourth-order valence-electron chi connectivity index (χ4n) is 1.54. The lowest BCUT2D eigenvalue weighted by atomic mass is 10.2. The first-order valence-corrected chi connectivity index (χ1v) is 6.14. The minimum absolute atomic E-state index is 0.537. The molecular formula is C13H22N2O. The minimum Gasteiger partial charge on any atom is -0.478 e. The van der Waals surface area contributed by atoms with Crippen molar-refractivity contribution in [2.45, 2.75) is 45.6 Å². The van der Waals surface area contributed by atoms with E-state index in [-0.39, 0.29) is 0 Å². The molecule has 16 heavy (non-hydrogen) atoms. The van der Waals surface area contributed by atoms with Gasteiger partial charge in [-0.1, -0.05) is 32.6 Å². The van der Waals surface area contributed by atoms with Crippen LogP contribution in [0.1, 0.15) is 44.6 Å². The van der Waals surface area contributed by atoms with E-state index in [1.165, 1.54) is 25.7 Å². The highest BCUT2D eigenvalue weighted by Crippen LogP contribution is 2.10. The van der Waals surface area contributed by atoms with Gasteiger partial charge in [0.2, 0.25) is 5.88 Å².